The van der Waals surface area contributed by atoms with Crippen LogP contribution < -0.4 is 5.32 Å². The lowest BCUT2D eigenvalue weighted by atomic mass is 10.1. The van der Waals surface area contributed by atoms with Gasteiger partial charge in [-0.05, 0) is 18.6 Å². The van der Waals surface area contributed by atoms with E-state index in [1.54, 1.807) is 4.57 Å². The predicted molar refractivity (Wildman–Crippen MR) is 98.1 cm³/mol. The van der Waals surface area contributed by atoms with E-state index in [1.165, 1.54) is 18.1 Å². The van der Waals surface area contributed by atoms with Crippen molar-refractivity contribution in [1.29, 1.82) is 0 Å². The molecule has 0 radical (unpaired) electrons. The molecule has 0 aromatic carbocycles. The number of hydrogen-bond acceptors (Lipinski definition) is 9. The molecular weight excluding hydrogens is 358 g/mol. The van der Waals surface area contributed by atoms with Crippen LogP contribution in [0.4, 0.5) is 5.82 Å². The first-order valence-corrected chi connectivity index (χ1v) is 9.83. The Morgan fingerprint density at radius 1 is 1.31 bits per heavy atom. The Bertz CT molecular complexity index is 756. The average Bonchev–Trinajstić information content (AvgIpc) is 3.16. The molecule has 1 saturated heterocycles. The van der Waals surface area contributed by atoms with Crippen LogP contribution in [-0.4, -0.2) is 72.6 Å². The van der Waals surface area contributed by atoms with Gasteiger partial charge < -0.3 is 25.4 Å². The van der Waals surface area contributed by atoms with E-state index in [2.05, 4.69) is 34.1 Å². The lowest BCUT2D eigenvalue weighted by Gasteiger charge is -2.17. The molecule has 0 amide bonds. The molecule has 10 heteroatoms. The van der Waals surface area contributed by atoms with Crippen LogP contribution in [0, 0.1) is 5.92 Å². The quantitative estimate of drug-likeness (QED) is 0.402. The van der Waals surface area contributed by atoms with Crippen LogP contribution in [-0.2, 0) is 4.74 Å². The predicted octanol–water partition coefficient (Wildman–Crippen LogP) is 0.618. The Hall–Kier alpha value is -1.46. The second-order valence-corrected chi connectivity index (χ2v) is 7.49. The Morgan fingerprint density at radius 2 is 2.08 bits per heavy atom. The van der Waals surface area contributed by atoms with Crippen LogP contribution in [0.5, 0.6) is 0 Å². The van der Waals surface area contributed by atoms with E-state index in [0.29, 0.717) is 28.1 Å². The van der Waals surface area contributed by atoms with Crippen LogP contribution in [0.15, 0.2) is 11.5 Å². The summed E-state index contributed by atoms with van der Waals surface area (Å²) >= 11 is 1.40. The monoisotopic (exact) mass is 383 g/mol. The summed E-state index contributed by atoms with van der Waals surface area (Å²) in [4.78, 5) is 13.4. The highest BCUT2D eigenvalue weighted by Gasteiger charge is 2.44. The number of thioether (sulfide) groups is 1. The Kier molecular flexibility index (Phi) is 5.98. The third-order valence-electron chi connectivity index (χ3n) is 4.39. The first kappa shape index (κ1) is 19.3. The topological polar surface area (TPSA) is 126 Å². The summed E-state index contributed by atoms with van der Waals surface area (Å²) in [5.41, 5.74) is 1.08. The number of nitrogens with one attached hydrogen (secondary N) is 1. The summed E-state index contributed by atoms with van der Waals surface area (Å²) in [5, 5.41) is 33.5. The lowest BCUT2D eigenvalue weighted by Crippen LogP contribution is -2.33. The third kappa shape index (κ3) is 3.65. The summed E-state index contributed by atoms with van der Waals surface area (Å²) in [5.74, 6) is 1.20. The Balaban J connectivity index is 1.95. The summed E-state index contributed by atoms with van der Waals surface area (Å²) in [6.07, 6.45) is 0.306. The summed E-state index contributed by atoms with van der Waals surface area (Å²) in [6, 6.07) is 0. The zero-order valence-corrected chi connectivity index (χ0v) is 15.8. The molecule has 1 aliphatic heterocycles. The van der Waals surface area contributed by atoms with Gasteiger partial charge in [0.25, 0.3) is 0 Å². The number of aliphatic hydroxyl groups excluding tert-OH is 3. The van der Waals surface area contributed by atoms with E-state index in [4.69, 9.17) is 4.74 Å². The number of nitrogens with zero attached hydrogens (tertiary/aromatic N) is 4. The highest BCUT2D eigenvalue weighted by atomic mass is 32.2. The van der Waals surface area contributed by atoms with Crippen molar-refractivity contribution < 1.29 is 20.1 Å². The van der Waals surface area contributed by atoms with Gasteiger partial charge in [0.2, 0.25) is 0 Å². The first-order chi connectivity index (χ1) is 12.5. The van der Waals surface area contributed by atoms with Gasteiger partial charge in [0.05, 0.1) is 12.9 Å². The molecule has 0 saturated carbocycles. The first-order valence-electron chi connectivity index (χ1n) is 8.61. The molecule has 144 valence electrons. The van der Waals surface area contributed by atoms with E-state index < -0.39 is 24.5 Å². The average molecular weight is 383 g/mol. The van der Waals surface area contributed by atoms with Gasteiger partial charge in [-0.25, -0.2) is 15.0 Å². The zero-order chi connectivity index (χ0) is 18.8. The van der Waals surface area contributed by atoms with Gasteiger partial charge in [-0.3, -0.25) is 4.57 Å². The van der Waals surface area contributed by atoms with E-state index in [1.807, 2.05) is 6.26 Å². The van der Waals surface area contributed by atoms with Gasteiger partial charge in [-0.1, -0.05) is 25.6 Å². The molecule has 9 nitrogen and oxygen atoms in total. The second kappa shape index (κ2) is 8.05. The number of hydrogen-bond donors (Lipinski definition) is 4. The van der Waals surface area contributed by atoms with Crippen molar-refractivity contribution in [2.24, 2.45) is 5.92 Å². The molecule has 0 spiro atoms. The number of fused-ring (bicyclic) bond motifs is 1. The molecule has 2 aromatic rings. The van der Waals surface area contributed by atoms with Gasteiger partial charge >= 0.3 is 0 Å². The summed E-state index contributed by atoms with van der Waals surface area (Å²) in [6.45, 7) is 4.69. The molecule has 1 fully saturated rings. The zero-order valence-electron chi connectivity index (χ0n) is 15.0. The van der Waals surface area contributed by atoms with Crippen molar-refractivity contribution in [3.63, 3.8) is 0 Å². The van der Waals surface area contributed by atoms with Gasteiger partial charge in [0, 0.05) is 6.54 Å². The fourth-order valence-corrected chi connectivity index (χ4v) is 3.25. The largest absolute Gasteiger partial charge is 0.394 e. The maximum atomic E-state index is 10.3. The number of imidazole rings is 1. The van der Waals surface area contributed by atoms with Crippen molar-refractivity contribution in [3.05, 3.63) is 6.33 Å². The highest BCUT2D eigenvalue weighted by molar-refractivity contribution is 7.98. The number of rotatable bonds is 7. The summed E-state index contributed by atoms with van der Waals surface area (Å²) in [7, 11) is 0. The molecule has 4 atom stereocenters. The maximum absolute atomic E-state index is 10.3. The van der Waals surface area contributed by atoms with E-state index in [9.17, 15) is 15.3 Å². The summed E-state index contributed by atoms with van der Waals surface area (Å²) < 4.78 is 7.18. The molecule has 0 aliphatic carbocycles. The standard InChI is InChI=1S/C16H25N5O4S/c1-8(2)4-5-17-13-10-14(20-16(19-13)26-3)21(7-18-10)15-12(24)11(23)9(6-22)25-15/h7-9,11-12,15,22-24H,4-6H2,1-3H3,(H,17,19,20)/t9-,11?,12?,15-/m1/s1. The van der Waals surface area contributed by atoms with Crippen molar-refractivity contribution in [3.8, 4) is 0 Å². The molecule has 2 aromatic heterocycles. The van der Waals surface area contributed by atoms with Crippen LogP contribution >= 0.6 is 11.8 Å². The van der Waals surface area contributed by atoms with E-state index in [-0.39, 0.29) is 6.61 Å². The molecule has 2 unspecified atom stereocenters. The Labute approximate surface area is 155 Å². The lowest BCUT2D eigenvalue weighted by molar-refractivity contribution is -0.0511. The van der Waals surface area contributed by atoms with Crippen molar-refractivity contribution in [2.45, 2.75) is 50.0 Å². The van der Waals surface area contributed by atoms with Gasteiger partial charge in [0.15, 0.2) is 28.4 Å². The molecule has 3 heterocycles. The van der Waals surface area contributed by atoms with E-state index >= 15 is 0 Å². The van der Waals surface area contributed by atoms with Gasteiger partial charge in [0.1, 0.15) is 18.3 Å². The number of aliphatic hydroxyl groups is 3. The minimum Gasteiger partial charge on any atom is -0.394 e. The number of aromatic nitrogens is 4. The second-order valence-electron chi connectivity index (χ2n) is 6.72. The fourth-order valence-electron chi connectivity index (χ4n) is 2.89. The SMILES string of the molecule is CSc1nc(NCCC(C)C)c2ncn([C@@H]3O[C@H](CO)C(O)C3O)c2n1. The van der Waals surface area contributed by atoms with Crippen molar-refractivity contribution in [1.82, 2.24) is 19.5 Å². The van der Waals surface area contributed by atoms with Crippen LogP contribution in [0.25, 0.3) is 11.2 Å². The molecule has 0 bridgehead atoms. The van der Waals surface area contributed by atoms with Crippen LogP contribution in [0.1, 0.15) is 26.5 Å². The Morgan fingerprint density at radius 3 is 2.69 bits per heavy atom. The number of anilines is 1. The van der Waals surface area contributed by atoms with Gasteiger partial charge in [-0.2, -0.15) is 0 Å². The normalized spacial score (nSPS) is 26.1. The smallest absolute Gasteiger partial charge is 0.191 e. The molecule has 4 N–H and O–H groups in total. The fraction of sp³-hybridized carbons (Fsp3) is 0.688. The molecule has 26 heavy (non-hydrogen) atoms. The van der Waals surface area contributed by atoms with Crippen molar-refractivity contribution >= 4 is 28.7 Å². The van der Waals surface area contributed by atoms with Crippen molar-refractivity contribution in [2.75, 3.05) is 24.7 Å². The highest BCUT2D eigenvalue weighted by Crippen LogP contribution is 2.33. The molecule has 3 rings (SSSR count). The minimum absolute atomic E-state index is 0.381. The third-order valence-corrected chi connectivity index (χ3v) is 4.94. The van der Waals surface area contributed by atoms with Gasteiger partial charge in [-0.15, -0.1) is 0 Å². The van der Waals surface area contributed by atoms with Crippen LogP contribution in [0.3, 0.4) is 0 Å². The van der Waals surface area contributed by atoms with Crippen LogP contribution in [0.2, 0.25) is 0 Å². The molecule has 1 aliphatic rings. The number of ether oxygens (including phenoxy) is 1. The van der Waals surface area contributed by atoms with E-state index in [0.717, 1.165) is 13.0 Å². The minimum atomic E-state index is -1.19. The molecular formula is C16H25N5O4S. The maximum Gasteiger partial charge on any atom is 0.191 e.